The first-order valence-corrected chi connectivity index (χ1v) is 31.6. The Labute approximate surface area is 362 Å². The fraction of sp³-hybridized carbons (Fsp3) is 0.958. The second-order valence-electron chi connectivity index (χ2n) is 18.1. The average Bonchev–Trinajstić information content (AvgIpc) is 3.09. The molecular formula is C48H100O4S2Sn. The van der Waals surface area contributed by atoms with Gasteiger partial charge in [0, 0.05) is 23.4 Å². The van der Waals surface area contributed by atoms with E-state index in [-0.39, 0.29) is 42.9 Å². The maximum atomic E-state index is 10.9. The molecule has 0 aliphatic rings. The third kappa shape index (κ3) is 58.8. The molecular weight excluding hydrogens is 823 g/mol. The zero-order chi connectivity index (χ0) is 42.0. The van der Waals surface area contributed by atoms with Gasteiger partial charge in [0.15, 0.2) is 0 Å². The number of hydrogen-bond donors (Lipinski definition) is 2. The fourth-order valence-corrected chi connectivity index (χ4v) is 15.0. The summed E-state index contributed by atoms with van der Waals surface area (Å²) < 4.78 is 3.28. The number of thiol groups is 2. The van der Waals surface area contributed by atoms with Gasteiger partial charge in [-0.15, -0.1) is 0 Å². The number of hydrogen-bond acceptors (Lipinski definition) is 4. The number of carboxylic acids is 2. The van der Waals surface area contributed by atoms with Crippen molar-refractivity contribution in [3.63, 3.8) is 0 Å². The summed E-state index contributed by atoms with van der Waals surface area (Å²) in [5.41, 5.74) is 0. The van der Waals surface area contributed by atoms with Crippen LogP contribution in [0.1, 0.15) is 223 Å². The molecule has 0 saturated carbocycles. The Balaban J connectivity index is -0.000000760. The third-order valence-corrected chi connectivity index (χ3v) is 19.4. The molecule has 0 aromatic heterocycles. The topological polar surface area (TPSA) is 80.3 Å². The van der Waals surface area contributed by atoms with E-state index in [9.17, 15) is 19.8 Å². The Kier molecular flexibility index (Phi) is 51.2. The third-order valence-electron chi connectivity index (χ3n) is 10.1. The number of aliphatic carboxylic acids is 2. The number of carbonyl (C=O) groups excluding carboxylic acids is 2. The molecule has 0 atom stereocenters. The second-order valence-corrected chi connectivity index (χ2v) is 27.5. The van der Waals surface area contributed by atoms with E-state index in [2.05, 4.69) is 69.2 Å². The monoisotopic (exact) mass is 925 g/mol. The maximum absolute atomic E-state index is 10.9. The van der Waals surface area contributed by atoms with Gasteiger partial charge in [0.25, 0.3) is 0 Å². The van der Waals surface area contributed by atoms with Crippen LogP contribution in [0.15, 0.2) is 0 Å². The Morgan fingerprint density at radius 2 is 0.673 bits per heavy atom. The summed E-state index contributed by atoms with van der Waals surface area (Å²) >= 11 is 0.112. The molecule has 0 spiro atoms. The van der Waals surface area contributed by atoms with E-state index >= 15 is 0 Å². The second kappa shape index (κ2) is 47.1. The molecule has 0 saturated heterocycles. The van der Waals surface area contributed by atoms with Gasteiger partial charge in [-0.2, -0.15) is 0 Å². The SMILES string of the molecule is CC(C)CCCCC[SH](CCCCCC(C)C)CC(=O)[O-].CC(C)CCCCC[SH](CCCCCC(C)C)CC(=O)[O-].CCCCCCC[CH2][Sn+2][CH2]CCC. The van der Waals surface area contributed by atoms with Crippen LogP contribution in [0.2, 0.25) is 8.87 Å². The Bertz CT molecular complexity index is 679. The normalized spacial score (nSPS) is 11.7. The van der Waals surface area contributed by atoms with Gasteiger partial charge in [-0.25, -0.2) is 21.8 Å². The van der Waals surface area contributed by atoms with Crippen LogP contribution >= 0.6 is 21.8 Å². The summed E-state index contributed by atoms with van der Waals surface area (Å²) in [4.78, 5) is 21.7. The Morgan fingerprint density at radius 3 is 0.964 bits per heavy atom. The fourth-order valence-electron chi connectivity index (χ4n) is 6.62. The van der Waals surface area contributed by atoms with E-state index in [0.717, 1.165) is 46.7 Å². The van der Waals surface area contributed by atoms with Crippen molar-refractivity contribution in [3.05, 3.63) is 0 Å². The number of unbranched alkanes of at least 4 members (excludes halogenated alkanes) is 14. The van der Waals surface area contributed by atoms with Gasteiger partial charge in [0.05, 0.1) is 0 Å². The summed E-state index contributed by atoms with van der Waals surface area (Å²) in [6.45, 7) is 22.7. The first-order chi connectivity index (χ1) is 26.2. The zero-order valence-corrected chi connectivity index (χ0v) is 43.6. The van der Waals surface area contributed by atoms with Crippen LogP contribution in [-0.2, 0) is 9.59 Å². The van der Waals surface area contributed by atoms with Crippen molar-refractivity contribution in [2.75, 3.05) is 34.5 Å². The predicted octanol–water partition coefficient (Wildman–Crippen LogP) is 13.0. The van der Waals surface area contributed by atoms with E-state index in [1.54, 1.807) is 15.3 Å². The standard InChI is InChI=1S/2C18H38O2S.C8H17.C4H9.Sn/c2*1-16(2)11-7-5-9-13-21(15-18(19)20)14-10-6-8-12-17(3)4;1-3-5-7-8-6-4-2;1-3-4-2;/h2*16-17,21H,5-15H2,1-4H3,(H,19,20);1,3-8H2,2H3;1,3-4H2,2H3;/q;;;;+2/p-2. The molecule has 0 rings (SSSR count). The predicted molar refractivity (Wildman–Crippen MR) is 254 cm³/mol. The van der Waals surface area contributed by atoms with Crippen molar-refractivity contribution in [2.24, 2.45) is 23.7 Å². The Morgan fingerprint density at radius 1 is 0.400 bits per heavy atom. The molecule has 0 aliphatic heterocycles. The van der Waals surface area contributed by atoms with E-state index < -0.39 is 11.9 Å². The number of rotatable bonds is 38. The zero-order valence-electron chi connectivity index (χ0n) is 39.0. The van der Waals surface area contributed by atoms with Crippen LogP contribution in [0, 0.1) is 23.7 Å². The summed E-state index contributed by atoms with van der Waals surface area (Å²) in [6, 6.07) is 0. The van der Waals surface area contributed by atoms with E-state index in [1.807, 2.05) is 0 Å². The Hall–Kier alpha value is 0.439. The summed E-state index contributed by atoms with van der Waals surface area (Å²) in [5, 5.41) is 21.7. The van der Waals surface area contributed by atoms with Gasteiger partial charge in [-0.05, 0) is 72.4 Å². The van der Waals surface area contributed by atoms with Crippen LogP contribution in [-0.4, -0.2) is 67.6 Å². The van der Waals surface area contributed by atoms with Crippen molar-refractivity contribution in [1.82, 2.24) is 0 Å². The molecule has 0 unspecified atom stereocenters. The van der Waals surface area contributed by atoms with E-state index in [1.165, 1.54) is 148 Å². The van der Waals surface area contributed by atoms with Crippen molar-refractivity contribution in [1.29, 1.82) is 0 Å². The summed E-state index contributed by atoms with van der Waals surface area (Å²) in [7, 11) is -0.652. The number of carbonyl (C=O) groups is 2. The molecule has 0 aromatic rings. The van der Waals surface area contributed by atoms with E-state index in [0.29, 0.717) is 11.5 Å². The molecule has 0 heterocycles. The minimum absolute atomic E-state index is 0.112. The summed E-state index contributed by atoms with van der Waals surface area (Å²) in [5.74, 6) is 6.63. The first-order valence-electron chi connectivity index (χ1n) is 23.8. The quantitative estimate of drug-likeness (QED) is 0.0367. The van der Waals surface area contributed by atoms with Gasteiger partial charge in [-0.3, -0.25) is 0 Å². The molecule has 0 amide bonds. The first kappa shape index (κ1) is 59.7. The van der Waals surface area contributed by atoms with E-state index in [4.69, 9.17) is 0 Å². The molecule has 0 N–H and O–H groups in total. The molecule has 7 heteroatoms. The molecule has 4 nitrogen and oxygen atoms in total. The van der Waals surface area contributed by atoms with Gasteiger partial charge < -0.3 is 19.8 Å². The average molecular weight is 924 g/mol. The van der Waals surface area contributed by atoms with Crippen LogP contribution in [0.5, 0.6) is 0 Å². The summed E-state index contributed by atoms with van der Waals surface area (Å²) in [6.07, 6.45) is 32.1. The van der Waals surface area contributed by atoms with Gasteiger partial charge in [0.1, 0.15) is 0 Å². The molecule has 0 aromatic carbocycles. The number of carboxylic acid groups (broad SMARTS) is 2. The van der Waals surface area contributed by atoms with Gasteiger partial charge >= 0.3 is 95.2 Å². The van der Waals surface area contributed by atoms with Crippen LogP contribution < -0.4 is 10.2 Å². The molecule has 0 fully saturated rings. The van der Waals surface area contributed by atoms with Crippen molar-refractivity contribution >= 4 is 54.9 Å². The van der Waals surface area contributed by atoms with Gasteiger partial charge in [-0.1, -0.05) is 132 Å². The van der Waals surface area contributed by atoms with Crippen LogP contribution in [0.25, 0.3) is 0 Å². The molecule has 332 valence electrons. The van der Waals surface area contributed by atoms with Crippen molar-refractivity contribution < 1.29 is 19.8 Å². The molecule has 55 heavy (non-hydrogen) atoms. The van der Waals surface area contributed by atoms with Crippen LogP contribution in [0.4, 0.5) is 0 Å². The van der Waals surface area contributed by atoms with Gasteiger partial charge in [0.2, 0.25) is 0 Å². The molecule has 0 bridgehead atoms. The van der Waals surface area contributed by atoms with Crippen molar-refractivity contribution in [2.45, 2.75) is 232 Å². The molecule has 0 aliphatic carbocycles. The minimum atomic E-state index is -0.842. The van der Waals surface area contributed by atoms with Crippen LogP contribution in [0.3, 0.4) is 0 Å². The molecule has 0 radical (unpaired) electrons. The van der Waals surface area contributed by atoms with Crippen molar-refractivity contribution in [3.8, 4) is 0 Å².